The van der Waals surface area contributed by atoms with Crippen molar-refractivity contribution in [3.05, 3.63) is 23.7 Å². The van der Waals surface area contributed by atoms with E-state index in [9.17, 15) is 13.2 Å². The lowest BCUT2D eigenvalue weighted by Crippen LogP contribution is -2.45. The largest absolute Gasteiger partial charge is 0.464 e. The fraction of sp³-hybridized carbons (Fsp3) is 0.583. The first-order valence-corrected chi connectivity index (χ1v) is 6.02. The molecule has 0 aliphatic rings. The summed E-state index contributed by atoms with van der Waals surface area (Å²) < 4.78 is 41.9. The van der Waals surface area contributed by atoms with Crippen molar-refractivity contribution < 1.29 is 22.7 Å². The van der Waals surface area contributed by atoms with E-state index < -0.39 is 18.8 Å². The molecule has 3 N–H and O–H groups in total. The van der Waals surface area contributed by atoms with Gasteiger partial charge in [0.15, 0.2) is 12.1 Å². The molecule has 0 aliphatic carbocycles. The molecule has 0 saturated heterocycles. The number of hydrogen-bond donors (Lipinski definition) is 3. The first-order chi connectivity index (χ1) is 9.24. The van der Waals surface area contributed by atoms with Crippen LogP contribution in [-0.4, -0.2) is 36.9 Å². The molecular weight excluding hydrogens is 402 g/mol. The lowest BCUT2D eigenvalue weighted by molar-refractivity contribution is -0.201. The predicted molar refractivity (Wildman–Crippen MR) is 83.8 cm³/mol. The summed E-state index contributed by atoms with van der Waals surface area (Å²) in [7, 11) is 1.43. The number of hydrogen-bond acceptors (Lipinski definition) is 3. The third-order valence-corrected chi connectivity index (χ3v) is 2.61. The average molecular weight is 421 g/mol. The van der Waals surface area contributed by atoms with Crippen LogP contribution in [0, 0.1) is 6.92 Å². The summed E-state index contributed by atoms with van der Waals surface area (Å²) in [5.74, 6) is 1.53. The Morgan fingerprint density at radius 1 is 1.43 bits per heavy atom. The van der Waals surface area contributed by atoms with Crippen molar-refractivity contribution in [1.82, 2.24) is 10.6 Å². The molecule has 122 valence electrons. The minimum atomic E-state index is -4.66. The van der Waals surface area contributed by atoms with Crippen molar-refractivity contribution in [3.63, 3.8) is 0 Å². The van der Waals surface area contributed by atoms with Crippen molar-refractivity contribution in [2.45, 2.75) is 32.2 Å². The van der Waals surface area contributed by atoms with Gasteiger partial charge in [-0.1, -0.05) is 0 Å². The molecule has 0 radical (unpaired) electrons. The van der Waals surface area contributed by atoms with Crippen molar-refractivity contribution in [1.29, 1.82) is 0 Å². The van der Waals surface area contributed by atoms with E-state index in [2.05, 4.69) is 15.6 Å². The zero-order chi connectivity index (χ0) is 15.3. The summed E-state index contributed by atoms with van der Waals surface area (Å²) in [4.78, 5) is 3.79. The molecule has 0 aliphatic heterocycles. The molecule has 0 aromatic carbocycles. The zero-order valence-corrected chi connectivity index (χ0v) is 14.2. The van der Waals surface area contributed by atoms with Gasteiger partial charge in [0.05, 0.1) is 12.6 Å². The van der Waals surface area contributed by atoms with Crippen LogP contribution < -0.4 is 10.6 Å². The van der Waals surface area contributed by atoms with Crippen LogP contribution in [0.15, 0.2) is 21.5 Å². The Kier molecular flexibility index (Phi) is 8.08. The van der Waals surface area contributed by atoms with Gasteiger partial charge in [0.1, 0.15) is 11.5 Å². The standard InChI is InChI=1S/C12H18F3N3O2.HI/c1-7-4-5-9(20-7)8(2)18-11(16-3)17-6-10(19)12(13,14)15;/h4-5,8,10,19H,6H2,1-3H3,(H2,16,17,18);1H. The maximum absolute atomic E-state index is 12.2. The molecule has 1 rings (SSSR count). The van der Waals surface area contributed by atoms with Crippen LogP contribution in [0.25, 0.3) is 0 Å². The quantitative estimate of drug-likeness (QED) is 0.397. The highest BCUT2D eigenvalue weighted by Crippen LogP contribution is 2.19. The Morgan fingerprint density at radius 2 is 2.05 bits per heavy atom. The van der Waals surface area contributed by atoms with E-state index in [-0.39, 0.29) is 36.0 Å². The van der Waals surface area contributed by atoms with Gasteiger partial charge in [-0.05, 0) is 26.0 Å². The Morgan fingerprint density at radius 3 is 2.48 bits per heavy atom. The molecule has 1 heterocycles. The molecule has 2 unspecified atom stereocenters. The predicted octanol–water partition coefficient (Wildman–Crippen LogP) is 2.36. The Bertz CT molecular complexity index is 463. The van der Waals surface area contributed by atoms with Crippen molar-refractivity contribution >= 4 is 29.9 Å². The number of furan rings is 1. The van der Waals surface area contributed by atoms with E-state index in [1.165, 1.54) is 7.05 Å². The van der Waals surface area contributed by atoms with Gasteiger partial charge in [-0.25, -0.2) is 0 Å². The number of rotatable bonds is 4. The molecule has 2 atom stereocenters. The van der Waals surface area contributed by atoms with Crippen LogP contribution in [0.5, 0.6) is 0 Å². The van der Waals surface area contributed by atoms with Crippen LogP contribution >= 0.6 is 24.0 Å². The van der Waals surface area contributed by atoms with Crippen LogP contribution in [0.2, 0.25) is 0 Å². The van der Waals surface area contributed by atoms with Gasteiger partial charge in [-0.3, -0.25) is 4.99 Å². The Hall–Kier alpha value is -0.970. The fourth-order valence-electron chi connectivity index (χ4n) is 1.47. The molecule has 21 heavy (non-hydrogen) atoms. The van der Waals surface area contributed by atoms with Crippen LogP contribution in [-0.2, 0) is 0 Å². The molecule has 0 bridgehead atoms. The number of aliphatic hydroxyl groups is 1. The summed E-state index contributed by atoms with van der Waals surface area (Å²) in [6, 6.07) is 3.29. The number of aliphatic hydroxyl groups excluding tert-OH is 1. The van der Waals surface area contributed by atoms with E-state index in [0.29, 0.717) is 5.76 Å². The van der Waals surface area contributed by atoms with E-state index in [0.717, 1.165) is 5.76 Å². The third-order valence-electron chi connectivity index (χ3n) is 2.61. The summed E-state index contributed by atoms with van der Waals surface area (Å²) >= 11 is 0. The average Bonchev–Trinajstić information content (AvgIpc) is 2.79. The highest BCUT2D eigenvalue weighted by atomic mass is 127. The minimum absolute atomic E-state index is 0. The molecule has 5 nitrogen and oxygen atoms in total. The maximum atomic E-state index is 12.2. The molecule has 0 amide bonds. The molecule has 0 fully saturated rings. The molecule has 1 aromatic heterocycles. The van der Waals surface area contributed by atoms with Crippen molar-refractivity contribution in [3.8, 4) is 0 Å². The first kappa shape index (κ1) is 20.0. The number of aryl methyl sites for hydroxylation is 1. The highest BCUT2D eigenvalue weighted by molar-refractivity contribution is 14.0. The van der Waals surface area contributed by atoms with Crippen LogP contribution in [0.4, 0.5) is 13.2 Å². The van der Waals surface area contributed by atoms with Gasteiger partial charge in [-0.2, -0.15) is 13.2 Å². The van der Waals surface area contributed by atoms with Crippen molar-refractivity contribution in [2.24, 2.45) is 4.99 Å². The molecular formula is C12H19F3IN3O2. The fourth-order valence-corrected chi connectivity index (χ4v) is 1.47. The monoisotopic (exact) mass is 421 g/mol. The third kappa shape index (κ3) is 6.55. The Labute approximate surface area is 138 Å². The van der Waals surface area contributed by atoms with E-state index in [4.69, 9.17) is 9.52 Å². The maximum Gasteiger partial charge on any atom is 0.416 e. The van der Waals surface area contributed by atoms with E-state index >= 15 is 0 Å². The number of aliphatic imine (C=N–C) groups is 1. The second-order valence-corrected chi connectivity index (χ2v) is 4.32. The lowest BCUT2D eigenvalue weighted by Gasteiger charge is -2.19. The SMILES string of the molecule is CN=C(NCC(O)C(F)(F)F)NC(C)c1ccc(C)o1.I. The topological polar surface area (TPSA) is 69.8 Å². The smallest absolute Gasteiger partial charge is 0.416 e. The normalized spacial score (nSPS) is 15.1. The first-order valence-electron chi connectivity index (χ1n) is 6.02. The molecule has 1 aromatic rings. The molecule has 9 heteroatoms. The van der Waals surface area contributed by atoms with Crippen LogP contribution in [0.1, 0.15) is 24.5 Å². The van der Waals surface area contributed by atoms with Crippen LogP contribution in [0.3, 0.4) is 0 Å². The van der Waals surface area contributed by atoms with Gasteiger partial charge in [0.2, 0.25) is 0 Å². The van der Waals surface area contributed by atoms with E-state index in [1.807, 2.05) is 0 Å². The number of guanidine groups is 1. The van der Waals surface area contributed by atoms with E-state index in [1.54, 1.807) is 26.0 Å². The number of alkyl halides is 3. The summed E-state index contributed by atoms with van der Waals surface area (Å²) in [5.41, 5.74) is 0. The number of halogens is 4. The second kappa shape index (κ2) is 8.47. The molecule has 0 spiro atoms. The van der Waals surface area contributed by atoms with Gasteiger partial charge in [0.25, 0.3) is 0 Å². The lowest BCUT2D eigenvalue weighted by atomic mass is 10.2. The minimum Gasteiger partial charge on any atom is -0.464 e. The van der Waals surface area contributed by atoms with Gasteiger partial charge < -0.3 is 20.2 Å². The number of nitrogens with one attached hydrogen (secondary N) is 2. The summed E-state index contributed by atoms with van der Waals surface area (Å²) in [6.07, 6.45) is -7.10. The molecule has 0 saturated carbocycles. The van der Waals surface area contributed by atoms with Gasteiger partial charge in [0, 0.05) is 7.05 Å². The summed E-state index contributed by atoms with van der Waals surface area (Å²) in [5, 5.41) is 14.2. The van der Waals surface area contributed by atoms with Gasteiger partial charge >= 0.3 is 6.18 Å². The van der Waals surface area contributed by atoms with Gasteiger partial charge in [-0.15, -0.1) is 24.0 Å². The highest BCUT2D eigenvalue weighted by Gasteiger charge is 2.38. The summed E-state index contributed by atoms with van der Waals surface area (Å²) in [6.45, 7) is 2.90. The second-order valence-electron chi connectivity index (χ2n) is 4.32. The number of nitrogens with zero attached hydrogens (tertiary/aromatic N) is 1. The zero-order valence-electron chi connectivity index (χ0n) is 11.9. The van der Waals surface area contributed by atoms with Crippen molar-refractivity contribution in [2.75, 3.05) is 13.6 Å². The Balaban J connectivity index is 0.00000400.